The van der Waals surface area contributed by atoms with Gasteiger partial charge in [-0.15, -0.1) is 0 Å². The molecule has 0 aliphatic carbocycles. The van der Waals surface area contributed by atoms with Crippen molar-refractivity contribution in [2.75, 3.05) is 37.7 Å². The van der Waals surface area contributed by atoms with Crippen molar-refractivity contribution in [1.29, 1.82) is 0 Å². The van der Waals surface area contributed by atoms with E-state index in [1.807, 2.05) is 4.90 Å². The molecule has 0 bridgehead atoms. The van der Waals surface area contributed by atoms with Crippen LogP contribution in [0.25, 0.3) is 0 Å². The fourth-order valence-corrected chi connectivity index (χ4v) is 3.86. The number of benzene rings is 1. The number of amides is 1. The molecule has 2 fully saturated rings. The second-order valence-corrected chi connectivity index (χ2v) is 7.36. The first-order valence-electron chi connectivity index (χ1n) is 7.74. The number of anilines is 1. The zero-order valence-corrected chi connectivity index (χ0v) is 13.7. The number of nitrogens with zero attached hydrogens (tertiary/aromatic N) is 2. The molecule has 7 nitrogen and oxygen atoms in total. The molecule has 2 saturated heterocycles. The summed E-state index contributed by atoms with van der Waals surface area (Å²) in [6.07, 6.45) is 1.41. The summed E-state index contributed by atoms with van der Waals surface area (Å²) in [6.45, 7) is 2.91. The summed E-state index contributed by atoms with van der Waals surface area (Å²) in [5.41, 5.74) is 0.596. The fourth-order valence-electron chi connectivity index (χ4n) is 3.10. The quantitative estimate of drug-likeness (QED) is 0.847. The lowest BCUT2D eigenvalue weighted by atomic mass is 10.2. The van der Waals surface area contributed by atoms with E-state index in [1.165, 1.54) is 6.07 Å². The number of carbonyl (C=O) groups is 1. The van der Waals surface area contributed by atoms with E-state index in [1.54, 1.807) is 23.1 Å². The van der Waals surface area contributed by atoms with E-state index < -0.39 is 10.0 Å². The number of rotatable bonds is 3. The second-order valence-electron chi connectivity index (χ2n) is 5.83. The summed E-state index contributed by atoms with van der Waals surface area (Å²) in [4.78, 5) is 16.2. The van der Waals surface area contributed by atoms with Crippen LogP contribution in [0.4, 0.5) is 5.69 Å². The van der Waals surface area contributed by atoms with Gasteiger partial charge in [0.1, 0.15) is 11.0 Å². The monoisotopic (exact) mass is 339 g/mol. The Kier molecular flexibility index (Phi) is 4.56. The molecule has 0 radical (unpaired) electrons. The molecule has 2 heterocycles. The molecule has 8 heteroatoms. The highest BCUT2D eigenvalue weighted by atomic mass is 32.2. The number of carbonyl (C=O) groups excluding carboxylic acids is 1. The van der Waals surface area contributed by atoms with Crippen LogP contribution in [0.3, 0.4) is 0 Å². The predicted molar refractivity (Wildman–Crippen MR) is 85.6 cm³/mol. The van der Waals surface area contributed by atoms with Gasteiger partial charge in [-0.2, -0.15) is 0 Å². The second kappa shape index (κ2) is 6.46. The van der Waals surface area contributed by atoms with Crippen molar-refractivity contribution in [2.45, 2.75) is 23.8 Å². The number of primary sulfonamides is 1. The molecule has 0 unspecified atom stereocenters. The molecule has 0 spiro atoms. The van der Waals surface area contributed by atoms with Crippen LogP contribution in [0.15, 0.2) is 29.2 Å². The van der Waals surface area contributed by atoms with Crippen molar-refractivity contribution >= 4 is 21.6 Å². The van der Waals surface area contributed by atoms with E-state index in [0.29, 0.717) is 38.5 Å². The van der Waals surface area contributed by atoms with Gasteiger partial charge in [0.25, 0.3) is 5.91 Å². The zero-order chi connectivity index (χ0) is 16.4. The van der Waals surface area contributed by atoms with Crippen molar-refractivity contribution in [3.8, 4) is 0 Å². The van der Waals surface area contributed by atoms with Gasteiger partial charge in [0.15, 0.2) is 0 Å². The Morgan fingerprint density at radius 3 is 2.48 bits per heavy atom. The Morgan fingerprint density at radius 1 is 1.17 bits per heavy atom. The van der Waals surface area contributed by atoms with Crippen LogP contribution in [-0.2, 0) is 19.6 Å². The van der Waals surface area contributed by atoms with Crippen LogP contribution < -0.4 is 10.0 Å². The minimum atomic E-state index is -3.77. The van der Waals surface area contributed by atoms with E-state index >= 15 is 0 Å². The van der Waals surface area contributed by atoms with Crippen LogP contribution >= 0.6 is 0 Å². The third-order valence-corrected chi connectivity index (χ3v) is 5.27. The number of piperazine rings is 1. The van der Waals surface area contributed by atoms with Gasteiger partial charge in [0, 0.05) is 32.8 Å². The number of ether oxygens (including phenoxy) is 1. The number of hydrogen-bond acceptors (Lipinski definition) is 5. The fraction of sp³-hybridized carbons (Fsp3) is 0.533. The molecular formula is C15H21N3O4S. The highest BCUT2D eigenvalue weighted by Crippen LogP contribution is 2.25. The Balaban J connectivity index is 1.69. The molecule has 23 heavy (non-hydrogen) atoms. The third-order valence-electron chi connectivity index (χ3n) is 4.31. The Labute approximate surface area is 136 Å². The van der Waals surface area contributed by atoms with Gasteiger partial charge >= 0.3 is 0 Å². The van der Waals surface area contributed by atoms with Crippen molar-refractivity contribution < 1.29 is 17.9 Å². The van der Waals surface area contributed by atoms with Crippen molar-refractivity contribution in [1.82, 2.24) is 4.90 Å². The van der Waals surface area contributed by atoms with Crippen LogP contribution in [0.2, 0.25) is 0 Å². The van der Waals surface area contributed by atoms with E-state index in [2.05, 4.69) is 0 Å². The van der Waals surface area contributed by atoms with Crippen LogP contribution in [-0.4, -0.2) is 58.1 Å². The maximum Gasteiger partial charge on any atom is 0.251 e. The lowest BCUT2D eigenvalue weighted by molar-refractivity contribution is -0.141. The van der Waals surface area contributed by atoms with Crippen molar-refractivity contribution in [3.63, 3.8) is 0 Å². The molecule has 1 atom stereocenters. The third kappa shape index (κ3) is 3.49. The van der Waals surface area contributed by atoms with Gasteiger partial charge in [-0.25, -0.2) is 13.6 Å². The topological polar surface area (TPSA) is 92.9 Å². The molecule has 0 aromatic heterocycles. The first-order chi connectivity index (χ1) is 11.0. The van der Waals surface area contributed by atoms with Gasteiger partial charge in [-0.3, -0.25) is 4.79 Å². The minimum absolute atomic E-state index is 0.0434. The smallest absolute Gasteiger partial charge is 0.251 e. The minimum Gasteiger partial charge on any atom is -0.368 e. The average Bonchev–Trinajstić information content (AvgIpc) is 3.08. The normalized spacial score (nSPS) is 22.4. The SMILES string of the molecule is NS(=O)(=O)c1ccccc1N1CCN(C(=O)[C@H]2CCCO2)CC1. The molecule has 126 valence electrons. The summed E-state index contributed by atoms with van der Waals surface area (Å²) in [5.74, 6) is 0.0434. The first-order valence-corrected chi connectivity index (χ1v) is 9.28. The van der Waals surface area contributed by atoms with Crippen LogP contribution in [0.1, 0.15) is 12.8 Å². The standard InChI is InChI=1S/C15H21N3O4S/c16-23(20,21)14-6-2-1-4-12(14)17-7-9-18(10-8-17)15(19)13-5-3-11-22-13/h1-2,4,6,13H,3,5,7-11H2,(H2,16,20,21)/t13-/m1/s1. The molecule has 0 saturated carbocycles. The Morgan fingerprint density at radius 2 is 1.87 bits per heavy atom. The zero-order valence-electron chi connectivity index (χ0n) is 12.8. The number of para-hydroxylation sites is 1. The summed E-state index contributed by atoms with van der Waals surface area (Å²) in [7, 11) is -3.77. The summed E-state index contributed by atoms with van der Waals surface area (Å²) in [6, 6.07) is 6.69. The molecule has 1 aromatic rings. The van der Waals surface area contributed by atoms with Gasteiger partial charge in [-0.05, 0) is 25.0 Å². The lowest BCUT2D eigenvalue weighted by Crippen LogP contribution is -2.51. The van der Waals surface area contributed by atoms with Gasteiger partial charge in [0.2, 0.25) is 10.0 Å². The van der Waals surface area contributed by atoms with E-state index in [0.717, 1.165) is 12.8 Å². The summed E-state index contributed by atoms with van der Waals surface area (Å²) >= 11 is 0. The highest BCUT2D eigenvalue weighted by Gasteiger charge is 2.31. The van der Waals surface area contributed by atoms with Crippen LogP contribution in [0.5, 0.6) is 0 Å². The Bertz CT molecular complexity index is 678. The van der Waals surface area contributed by atoms with E-state index in [-0.39, 0.29) is 16.9 Å². The maximum absolute atomic E-state index is 12.3. The number of hydrogen-bond donors (Lipinski definition) is 1. The van der Waals surface area contributed by atoms with E-state index in [4.69, 9.17) is 9.88 Å². The maximum atomic E-state index is 12.3. The molecular weight excluding hydrogens is 318 g/mol. The van der Waals surface area contributed by atoms with E-state index in [9.17, 15) is 13.2 Å². The van der Waals surface area contributed by atoms with Crippen molar-refractivity contribution in [2.24, 2.45) is 5.14 Å². The van der Waals surface area contributed by atoms with Gasteiger partial charge < -0.3 is 14.5 Å². The molecule has 2 N–H and O–H groups in total. The Hall–Kier alpha value is -1.64. The largest absolute Gasteiger partial charge is 0.368 e. The molecule has 1 amide bonds. The van der Waals surface area contributed by atoms with Crippen molar-refractivity contribution in [3.05, 3.63) is 24.3 Å². The summed E-state index contributed by atoms with van der Waals surface area (Å²) in [5, 5.41) is 5.29. The molecule has 2 aliphatic heterocycles. The lowest BCUT2D eigenvalue weighted by Gasteiger charge is -2.37. The predicted octanol–water partition coefficient (Wildman–Crippen LogP) is 0.162. The highest BCUT2D eigenvalue weighted by molar-refractivity contribution is 7.89. The molecule has 2 aliphatic rings. The van der Waals surface area contributed by atoms with Gasteiger partial charge in [-0.1, -0.05) is 12.1 Å². The average molecular weight is 339 g/mol. The van der Waals surface area contributed by atoms with Crippen LogP contribution in [0, 0.1) is 0 Å². The molecule has 1 aromatic carbocycles. The number of sulfonamides is 1. The van der Waals surface area contributed by atoms with Gasteiger partial charge in [0.05, 0.1) is 5.69 Å². The summed E-state index contributed by atoms with van der Waals surface area (Å²) < 4.78 is 28.9. The molecule has 3 rings (SSSR count). The first kappa shape index (κ1) is 16.2. The number of nitrogens with two attached hydrogens (primary N) is 1.